The predicted molar refractivity (Wildman–Crippen MR) is 180 cm³/mol. The predicted octanol–water partition coefficient (Wildman–Crippen LogP) is 5.32. The fourth-order valence-corrected chi connectivity index (χ4v) is 6.78. The van der Waals surface area contributed by atoms with E-state index >= 15 is 0 Å². The molecule has 1 aromatic heterocycles. The lowest BCUT2D eigenvalue weighted by Crippen LogP contribution is -2.49. The lowest BCUT2D eigenvalue weighted by atomic mass is 10.0. The second-order valence-corrected chi connectivity index (χ2v) is 12.9. The summed E-state index contributed by atoms with van der Waals surface area (Å²) < 4.78 is 6.28. The van der Waals surface area contributed by atoms with E-state index in [4.69, 9.17) is 14.7 Å². The Balaban J connectivity index is 1.21. The molecule has 1 aliphatic carbocycles. The van der Waals surface area contributed by atoms with Gasteiger partial charge < -0.3 is 29.4 Å². The maximum atomic E-state index is 12.2. The minimum absolute atomic E-state index is 0.0261. The fourth-order valence-electron chi connectivity index (χ4n) is 6.78. The van der Waals surface area contributed by atoms with E-state index in [1.165, 1.54) is 38.3 Å². The largest absolute Gasteiger partial charge is 0.508 e. The summed E-state index contributed by atoms with van der Waals surface area (Å²) in [6, 6.07) is 10.5. The molecule has 1 amide bonds. The van der Waals surface area contributed by atoms with Crippen molar-refractivity contribution in [1.29, 1.82) is 0 Å². The van der Waals surface area contributed by atoms with Gasteiger partial charge in [0.05, 0.1) is 18.8 Å². The topological polar surface area (TPSA) is 85.3 Å². The number of carbonyl (C=O) groups is 1. The lowest BCUT2D eigenvalue weighted by molar-refractivity contribution is -0.126. The number of phenols is 1. The highest BCUT2D eigenvalue weighted by Crippen LogP contribution is 2.37. The molecule has 3 heterocycles. The van der Waals surface area contributed by atoms with Gasteiger partial charge in [0, 0.05) is 62.0 Å². The zero-order valence-electron chi connectivity index (χ0n) is 27.0. The first-order valence-electron chi connectivity index (χ1n) is 16.8. The Bertz CT molecular complexity index is 1510. The van der Waals surface area contributed by atoms with E-state index < -0.39 is 0 Å². The Kier molecular flexibility index (Phi) is 9.73. The number of phenolic OH excluding ortho intramolecular Hbond substituents is 1. The van der Waals surface area contributed by atoms with Crippen molar-refractivity contribution < 1.29 is 14.6 Å². The number of aryl methyl sites for hydroxylation is 1. The van der Waals surface area contributed by atoms with Crippen LogP contribution in [0, 0.1) is 12.8 Å². The number of amides is 1. The molecule has 3 aromatic rings. The quantitative estimate of drug-likeness (QED) is 0.205. The molecule has 0 bridgehead atoms. The van der Waals surface area contributed by atoms with Crippen molar-refractivity contribution in [3.05, 3.63) is 59.8 Å². The molecule has 1 N–H and O–H groups in total. The molecule has 2 aromatic carbocycles. The summed E-state index contributed by atoms with van der Waals surface area (Å²) in [5.41, 5.74) is 4.29. The van der Waals surface area contributed by atoms with Gasteiger partial charge in [-0.05, 0) is 69.1 Å². The first-order chi connectivity index (χ1) is 21.9. The number of fused-ring (bicyclic) bond motifs is 2. The van der Waals surface area contributed by atoms with Crippen molar-refractivity contribution in [2.24, 2.45) is 5.92 Å². The van der Waals surface area contributed by atoms with Crippen LogP contribution in [0.4, 0.5) is 11.5 Å². The summed E-state index contributed by atoms with van der Waals surface area (Å²) in [4.78, 5) is 31.2. The van der Waals surface area contributed by atoms with Gasteiger partial charge in [0.25, 0.3) is 0 Å². The maximum Gasteiger partial charge on any atom is 0.318 e. The number of aromatic hydroxyl groups is 1. The lowest BCUT2D eigenvalue weighted by Gasteiger charge is -2.38. The first kappa shape index (κ1) is 31.1. The number of anilines is 2. The zero-order chi connectivity index (χ0) is 31.3. The summed E-state index contributed by atoms with van der Waals surface area (Å²) in [5.74, 6) is 2.11. The summed E-state index contributed by atoms with van der Waals surface area (Å²) in [6.45, 7) is 16.0. The van der Waals surface area contributed by atoms with Gasteiger partial charge in [0.15, 0.2) is 0 Å². The summed E-state index contributed by atoms with van der Waals surface area (Å²) in [7, 11) is 0. The number of carbonyl (C=O) groups excluding carboxylic acids is 1. The molecule has 3 aliphatic rings. The van der Waals surface area contributed by atoms with Gasteiger partial charge in [-0.15, -0.1) is 0 Å². The van der Waals surface area contributed by atoms with E-state index in [9.17, 15) is 9.90 Å². The van der Waals surface area contributed by atoms with Gasteiger partial charge in [0.1, 0.15) is 11.6 Å². The summed E-state index contributed by atoms with van der Waals surface area (Å²) in [5, 5.41) is 12.8. The van der Waals surface area contributed by atoms with Crippen molar-refractivity contribution >= 4 is 28.2 Å². The molecular weight excluding hydrogens is 564 g/mol. The fraction of sp³-hybridized carbons (Fsp3) is 0.528. The molecule has 0 radical (unpaired) electrons. The van der Waals surface area contributed by atoms with Crippen molar-refractivity contribution in [2.45, 2.75) is 58.9 Å². The number of rotatable bonds is 13. The van der Waals surface area contributed by atoms with E-state index in [0.29, 0.717) is 45.3 Å². The third kappa shape index (κ3) is 7.52. The molecule has 0 atom stereocenters. The van der Waals surface area contributed by atoms with Crippen LogP contribution in [0.15, 0.2) is 43.0 Å². The molecule has 9 nitrogen and oxygen atoms in total. The number of ether oxygens (including phenoxy) is 1. The average molecular weight is 613 g/mol. The zero-order valence-corrected chi connectivity index (χ0v) is 27.0. The van der Waals surface area contributed by atoms with Gasteiger partial charge in [0.2, 0.25) is 5.91 Å². The van der Waals surface area contributed by atoms with E-state index in [1.54, 1.807) is 0 Å². The van der Waals surface area contributed by atoms with Gasteiger partial charge in [-0.3, -0.25) is 4.79 Å². The van der Waals surface area contributed by atoms with E-state index in [0.717, 1.165) is 77.5 Å². The Morgan fingerprint density at radius 3 is 2.64 bits per heavy atom. The van der Waals surface area contributed by atoms with E-state index in [-0.39, 0.29) is 11.7 Å². The SMILES string of the molecule is C=CC(=O)N1CCN(c2nc(OCCCN(CCC)CCC3CC3)nc3c2CCN(c2cc(O)cc4cc(C)ccc24)C3)CC1. The van der Waals surface area contributed by atoms with Crippen molar-refractivity contribution in [1.82, 2.24) is 19.8 Å². The van der Waals surface area contributed by atoms with Crippen LogP contribution in [0.2, 0.25) is 0 Å². The molecule has 2 aliphatic heterocycles. The molecule has 2 fully saturated rings. The first-order valence-corrected chi connectivity index (χ1v) is 16.8. The van der Waals surface area contributed by atoms with Gasteiger partial charge >= 0.3 is 6.01 Å². The molecule has 45 heavy (non-hydrogen) atoms. The maximum absolute atomic E-state index is 12.2. The Hall–Kier alpha value is -3.85. The van der Waals surface area contributed by atoms with Crippen LogP contribution in [0.5, 0.6) is 11.8 Å². The van der Waals surface area contributed by atoms with Crippen LogP contribution < -0.4 is 14.5 Å². The summed E-state index contributed by atoms with van der Waals surface area (Å²) >= 11 is 0. The molecule has 9 heteroatoms. The Morgan fingerprint density at radius 1 is 1.07 bits per heavy atom. The second kappa shape index (κ2) is 14.1. The van der Waals surface area contributed by atoms with Crippen LogP contribution >= 0.6 is 0 Å². The van der Waals surface area contributed by atoms with E-state index in [1.807, 2.05) is 17.0 Å². The number of hydrogen-bond acceptors (Lipinski definition) is 8. The minimum atomic E-state index is -0.0261. The van der Waals surface area contributed by atoms with Crippen LogP contribution in [0.1, 0.15) is 55.8 Å². The number of hydrogen-bond donors (Lipinski definition) is 1. The van der Waals surface area contributed by atoms with Crippen molar-refractivity contribution in [2.75, 3.05) is 68.8 Å². The number of benzene rings is 2. The van der Waals surface area contributed by atoms with Crippen molar-refractivity contribution in [3.63, 3.8) is 0 Å². The van der Waals surface area contributed by atoms with Gasteiger partial charge in [-0.2, -0.15) is 9.97 Å². The Morgan fingerprint density at radius 2 is 1.89 bits per heavy atom. The third-order valence-electron chi connectivity index (χ3n) is 9.44. The van der Waals surface area contributed by atoms with Crippen LogP contribution in [-0.4, -0.2) is 89.7 Å². The normalized spacial score (nSPS) is 16.7. The highest BCUT2D eigenvalue weighted by Gasteiger charge is 2.29. The minimum Gasteiger partial charge on any atom is -0.508 e. The standard InChI is InChI=1S/C36H48N6O3/c1-4-13-39(15-11-27-8-9-27)14-6-21-45-36-37-32-25-42(33-24-29(43)23-28-22-26(3)7-10-30(28)33)16-12-31(32)35(38-36)41-19-17-40(18-20-41)34(44)5-2/h5,7,10,22-24,27,43H,2,4,6,8-9,11-21,25H2,1,3H3. The molecule has 0 unspecified atom stereocenters. The van der Waals surface area contributed by atoms with Crippen LogP contribution in [-0.2, 0) is 17.8 Å². The average Bonchev–Trinajstić information content (AvgIpc) is 3.88. The number of nitrogens with zero attached hydrogens (tertiary/aromatic N) is 6. The summed E-state index contributed by atoms with van der Waals surface area (Å²) in [6.07, 6.45) is 8.39. The molecule has 1 saturated heterocycles. The second-order valence-electron chi connectivity index (χ2n) is 12.9. The van der Waals surface area contributed by atoms with E-state index in [2.05, 4.69) is 53.3 Å². The third-order valence-corrected chi connectivity index (χ3v) is 9.44. The monoisotopic (exact) mass is 612 g/mol. The van der Waals surface area contributed by atoms with Gasteiger partial charge in [-0.1, -0.05) is 50.1 Å². The molecular formula is C36H48N6O3. The number of piperazine rings is 1. The van der Waals surface area contributed by atoms with Gasteiger partial charge in [-0.25, -0.2) is 0 Å². The van der Waals surface area contributed by atoms with Crippen LogP contribution in [0.25, 0.3) is 10.8 Å². The Labute approximate surface area is 267 Å². The highest BCUT2D eigenvalue weighted by molar-refractivity contribution is 5.96. The van der Waals surface area contributed by atoms with Crippen molar-refractivity contribution in [3.8, 4) is 11.8 Å². The smallest absolute Gasteiger partial charge is 0.318 e. The van der Waals surface area contributed by atoms with Crippen LogP contribution in [0.3, 0.4) is 0 Å². The highest BCUT2D eigenvalue weighted by atomic mass is 16.5. The molecule has 1 saturated carbocycles. The molecule has 0 spiro atoms. The molecule has 240 valence electrons. The molecule has 6 rings (SSSR count). The number of aromatic nitrogens is 2.